The maximum absolute atomic E-state index is 13.3. The number of benzene rings is 1. The molecule has 0 radical (unpaired) electrons. The van der Waals surface area contributed by atoms with E-state index in [9.17, 15) is 13.2 Å². The minimum atomic E-state index is -1.36. The third-order valence-corrected chi connectivity index (χ3v) is 2.77. The van der Waals surface area contributed by atoms with Gasteiger partial charge in [-0.05, 0) is 18.9 Å². The summed E-state index contributed by atoms with van der Waals surface area (Å²) in [5.41, 5.74) is 4.61. The fourth-order valence-corrected chi connectivity index (χ4v) is 1.48. The topological polar surface area (TPSA) is 26.0 Å². The zero-order chi connectivity index (χ0) is 10.5. The van der Waals surface area contributed by atoms with E-state index in [1.54, 1.807) is 0 Å². The van der Waals surface area contributed by atoms with Gasteiger partial charge in [0.1, 0.15) is 10.8 Å². The Hall–Kier alpha value is -0.740. The molecule has 1 saturated carbocycles. The average molecular weight is 222 g/mol. The number of rotatable bonds is 1. The van der Waals surface area contributed by atoms with Gasteiger partial charge in [0.15, 0.2) is 11.6 Å². The molecule has 76 valence electrons. The fourth-order valence-electron chi connectivity index (χ4n) is 1.34. The average Bonchev–Trinajstić information content (AvgIpc) is 2.87. The first kappa shape index (κ1) is 9.80. The van der Waals surface area contributed by atoms with Gasteiger partial charge in [-0.3, -0.25) is 0 Å². The summed E-state index contributed by atoms with van der Waals surface area (Å²) < 4.78 is 39.3. The lowest BCUT2D eigenvalue weighted by Crippen LogP contribution is -2.21. The highest BCUT2D eigenvalue weighted by molar-refractivity contribution is 6.30. The molecule has 0 spiro atoms. The molecule has 0 unspecified atom stereocenters. The second kappa shape index (κ2) is 2.87. The van der Waals surface area contributed by atoms with E-state index in [1.807, 2.05) is 0 Å². The van der Waals surface area contributed by atoms with Gasteiger partial charge >= 0.3 is 0 Å². The molecular formula is C9H7ClF3N. The van der Waals surface area contributed by atoms with Crippen molar-refractivity contribution in [1.29, 1.82) is 0 Å². The number of hydrogen-bond donors (Lipinski definition) is 1. The standard InChI is InChI=1S/C9H7ClF3N/c10-6-5(11)3-4(7(12)8(6)13)9(14)1-2-9/h3H,1-2,14H2. The molecule has 0 saturated heterocycles. The van der Waals surface area contributed by atoms with Crippen LogP contribution >= 0.6 is 11.6 Å². The first-order chi connectivity index (χ1) is 6.46. The summed E-state index contributed by atoms with van der Waals surface area (Å²) in [7, 11) is 0. The van der Waals surface area contributed by atoms with Crippen LogP contribution in [0.15, 0.2) is 6.07 Å². The summed E-state index contributed by atoms with van der Waals surface area (Å²) in [5, 5.41) is -0.824. The van der Waals surface area contributed by atoms with Crippen molar-refractivity contribution in [3.05, 3.63) is 34.1 Å². The van der Waals surface area contributed by atoms with E-state index < -0.39 is 28.0 Å². The molecule has 2 rings (SSSR count). The van der Waals surface area contributed by atoms with Crippen molar-refractivity contribution in [1.82, 2.24) is 0 Å². The Morgan fingerprint density at radius 2 is 1.79 bits per heavy atom. The highest BCUT2D eigenvalue weighted by atomic mass is 35.5. The largest absolute Gasteiger partial charge is 0.321 e. The monoisotopic (exact) mass is 221 g/mol. The lowest BCUT2D eigenvalue weighted by Gasteiger charge is -2.11. The minimum absolute atomic E-state index is 0.128. The predicted molar refractivity (Wildman–Crippen MR) is 46.4 cm³/mol. The zero-order valence-electron chi connectivity index (χ0n) is 7.08. The molecule has 0 bridgehead atoms. The van der Waals surface area contributed by atoms with Crippen LogP contribution in [0.5, 0.6) is 0 Å². The van der Waals surface area contributed by atoms with Gasteiger partial charge in [-0.2, -0.15) is 0 Å². The van der Waals surface area contributed by atoms with E-state index in [1.165, 1.54) is 0 Å². The Morgan fingerprint density at radius 3 is 2.29 bits per heavy atom. The van der Waals surface area contributed by atoms with E-state index in [0.717, 1.165) is 6.07 Å². The number of halogens is 4. The Morgan fingerprint density at radius 1 is 1.21 bits per heavy atom. The maximum atomic E-state index is 13.3. The van der Waals surface area contributed by atoms with Gasteiger partial charge in [-0.15, -0.1) is 0 Å². The molecule has 1 aliphatic rings. The summed E-state index contributed by atoms with van der Waals surface area (Å²) in [6.07, 6.45) is 1.06. The molecule has 5 heteroatoms. The first-order valence-corrected chi connectivity index (χ1v) is 4.46. The van der Waals surface area contributed by atoms with Crippen molar-refractivity contribution < 1.29 is 13.2 Å². The molecular weight excluding hydrogens is 215 g/mol. The summed E-state index contributed by atoms with van der Waals surface area (Å²) in [6, 6.07) is 0.869. The van der Waals surface area contributed by atoms with Crippen LogP contribution in [-0.4, -0.2) is 0 Å². The number of nitrogens with two attached hydrogens (primary N) is 1. The van der Waals surface area contributed by atoms with E-state index >= 15 is 0 Å². The smallest absolute Gasteiger partial charge is 0.180 e. The molecule has 1 aliphatic carbocycles. The maximum Gasteiger partial charge on any atom is 0.180 e. The van der Waals surface area contributed by atoms with Crippen molar-refractivity contribution in [2.24, 2.45) is 5.73 Å². The summed E-state index contributed by atoms with van der Waals surface area (Å²) >= 11 is 5.19. The van der Waals surface area contributed by atoms with Crippen LogP contribution in [0.4, 0.5) is 13.2 Å². The van der Waals surface area contributed by atoms with Gasteiger partial charge in [0.2, 0.25) is 0 Å². The van der Waals surface area contributed by atoms with Gasteiger partial charge < -0.3 is 5.73 Å². The second-order valence-electron chi connectivity index (χ2n) is 3.50. The summed E-state index contributed by atoms with van der Waals surface area (Å²) in [4.78, 5) is 0. The molecule has 14 heavy (non-hydrogen) atoms. The van der Waals surface area contributed by atoms with Gasteiger partial charge in [0.05, 0.1) is 0 Å². The van der Waals surface area contributed by atoms with Crippen molar-refractivity contribution in [3.8, 4) is 0 Å². The lowest BCUT2D eigenvalue weighted by molar-refractivity contribution is 0.472. The van der Waals surface area contributed by atoms with Crippen LogP contribution < -0.4 is 5.73 Å². The number of hydrogen-bond acceptors (Lipinski definition) is 1. The van der Waals surface area contributed by atoms with Crippen LogP contribution in [0.3, 0.4) is 0 Å². The molecule has 0 aliphatic heterocycles. The molecule has 0 atom stereocenters. The van der Waals surface area contributed by atoms with Crippen molar-refractivity contribution in [3.63, 3.8) is 0 Å². The van der Waals surface area contributed by atoms with Gasteiger partial charge in [0, 0.05) is 11.1 Å². The van der Waals surface area contributed by atoms with Gasteiger partial charge in [-0.1, -0.05) is 11.6 Å². The van der Waals surface area contributed by atoms with E-state index in [4.69, 9.17) is 17.3 Å². The molecule has 1 nitrogen and oxygen atoms in total. The molecule has 0 aromatic heterocycles. The zero-order valence-corrected chi connectivity index (χ0v) is 7.84. The normalized spacial score (nSPS) is 18.4. The molecule has 2 N–H and O–H groups in total. The molecule has 0 heterocycles. The molecule has 1 aromatic carbocycles. The van der Waals surface area contributed by atoms with E-state index in [0.29, 0.717) is 12.8 Å². The van der Waals surface area contributed by atoms with Crippen LogP contribution in [-0.2, 0) is 5.54 Å². The van der Waals surface area contributed by atoms with E-state index in [2.05, 4.69) is 0 Å². The third kappa shape index (κ3) is 1.29. The lowest BCUT2D eigenvalue weighted by atomic mass is 10.0. The van der Waals surface area contributed by atoms with E-state index in [-0.39, 0.29) is 5.56 Å². The Bertz CT molecular complexity index is 402. The van der Waals surface area contributed by atoms with Gasteiger partial charge in [0.25, 0.3) is 0 Å². The Labute approximate surface area is 83.7 Å². The Balaban J connectivity index is 2.62. The van der Waals surface area contributed by atoms with Crippen molar-refractivity contribution >= 4 is 11.6 Å². The van der Waals surface area contributed by atoms with Gasteiger partial charge in [-0.25, -0.2) is 13.2 Å². The first-order valence-electron chi connectivity index (χ1n) is 4.08. The van der Waals surface area contributed by atoms with Crippen LogP contribution in [0, 0.1) is 17.5 Å². The second-order valence-corrected chi connectivity index (χ2v) is 3.88. The van der Waals surface area contributed by atoms with Crippen LogP contribution in [0.2, 0.25) is 5.02 Å². The predicted octanol–water partition coefficient (Wildman–Crippen LogP) is 2.71. The van der Waals surface area contributed by atoms with Crippen LogP contribution in [0.25, 0.3) is 0 Å². The fraction of sp³-hybridized carbons (Fsp3) is 0.333. The highest BCUT2D eigenvalue weighted by Crippen LogP contribution is 2.45. The third-order valence-electron chi connectivity index (χ3n) is 2.43. The minimum Gasteiger partial charge on any atom is -0.321 e. The van der Waals surface area contributed by atoms with Crippen molar-refractivity contribution in [2.45, 2.75) is 18.4 Å². The Kier molecular flexibility index (Phi) is 2.01. The van der Waals surface area contributed by atoms with Crippen LogP contribution in [0.1, 0.15) is 18.4 Å². The summed E-state index contributed by atoms with van der Waals surface area (Å²) in [5.74, 6) is -3.48. The summed E-state index contributed by atoms with van der Waals surface area (Å²) in [6.45, 7) is 0. The SMILES string of the molecule is NC1(c2cc(F)c(Cl)c(F)c2F)CC1. The highest BCUT2D eigenvalue weighted by Gasteiger charge is 2.43. The molecule has 1 aromatic rings. The molecule has 1 fully saturated rings. The molecule has 0 amide bonds. The quantitative estimate of drug-likeness (QED) is 0.573. The van der Waals surface area contributed by atoms with Crippen molar-refractivity contribution in [2.75, 3.05) is 0 Å².